The summed E-state index contributed by atoms with van der Waals surface area (Å²) in [5.74, 6) is -2.88. The molecule has 0 aliphatic heterocycles. The van der Waals surface area contributed by atoms with E-state index in [0.717, 1.165) is 5.56 Å². The fourth-order valence-electron chi connectivity index (χ4n) is 1.79. The molecule has 2 rings (SSSR count). The van der Waals surface area contributed by atoms with Crippen molar-refractivity contribution in [3.8, 4) is 0 Å². The third-order valence-electron chi connectivity index (χ3n) is 2.76. The third kappa shape index (κ3) is 4.01. The summed E-state index contributed by atoms with van der Waals surface area (Å²) < 4.78 is 27.7. The molecule has 0 saturated carbocycles. The number of hydrogen-bond acceptors (Lipinski definition) is 1. The standard InChI is InChI=1S/C15H14ClF2N/c16-14-8-4-5-12(9-14)10-19-11-15(17,18)13-6-2-1-3-7-13/h1-9,19H,10-11H2. The molecule has 0 amide bonds. The molecule has 0 spiro atoms. The van der Waals surface area contributed by atoms with Gasteiger partial charge in [0.1, 0.15) is 0 Å². The second-order valence-electron chi connectivity index (χ2n) is 4.30. The fraction of sp³-hybridized carbons (Fsp3) is 0.200. The number of alkyl halides is 2. The summed E-state index contributed by atoms with van der Waals surface area (Å²) >= 11 is 5.83. The van der Waals surface area contributed by atoms with Crippen LogP contribution in [0.4, 0.5) is 8.78 Å². The van der Waals surface area contributed by atoms with E-state index >= 15 is 0 Å². The van der Waals surface area contributed by atoms with Gasteiger partial charge in [0.05, 0.1) is 6.54 Å². The van der Waals surface area contributed by atoms with Gasteiger partial charge in [-0.15, -0.1) is 0 Å². The van der Waals surface area contributed by atoms with Crippen LogP contribution >= 0.6 is 11.6 Å². The van der Waals surface area contributed by atoms with Crippen molar-refractivity contribution in [2.45, 2.75) is 12.5 Å². The largest absolute Gasteiger partial charge is 0.307 e. The number of benzene rings is 2. The molecule has 0 aliphatic carbocycles. The Morgan fingerprint density at radius 1 is 1.00 bits per heavy atom. The van der Waals surface area contributed by atoms with E-state index in [1.165, 1.54) is 12.1 Å². The Morgan fingerprint density at radius 2 is 1.74 bits per heavy atom. The van der Waals surface area contributed by atoms with Gasteiger partial charge < -0.3 is 5.32 Å². The summed E-state index contributed by atoms with van der Waals surface area (Å²) in [5.41, 5.74) is 0.907. The fourth-order valence-corrected chi connectivity index (χ4v) is 2.01. The van der Waals surface area contributed by atoms with E-state index < -0.39 is 12.5 Å². The van der Waals surface area contributed by atoms with Crippen molar-refractivity contribution in [2.24, 2.45) is 0 Å². The van der Waals surface area contributed by atoms with E-state index in [4.69, 9.17) is 11.6 Å². The van der Waals surface area contributed by atoms with Crippen molar-refractivity contribution in [3.63, 3.8) is 0 Å². The van der Waals surface area contributed by atoms with E-state index in [1.807, 2.05) is 6.07 Å². The summed E-state index contributed by atoms with van der Waals surface area (Å²) in [4.78, 5) is 0. The molecular weight excluding hydrogens is 268 g/mol. The summed E-state index contributed by atoms with van der Waals surface area (Å²) in [6.07, 6.45) is 0. The van der Waals surface area contributed by atoms with E-state index in [0.29, 0.717) is 11.6 Å². The molecule has 2 aromatic carbocycles. The average molecular weight is 282 g/mol. The second kappa shape index (κ2) is 6.13. The number of rotatable bonds is 5. The highest BCUT2D eigenvalue weighted by molar-refractivity contribution is 6.30. The molecular formula is C15H14ClF2N. The normalized spacial score (nSPS) is 11.5. The summed E-state index contributed by atoms with van der Waals surface area (Å²) in [6.45, 7) is -0.0352. The molecule has 0 atom stereocenters. The molecule has 100 valence electrons. The summed E-state index contributed by atoms with van der Waals surface area (Å²) in [7, 11) is 0. The van der Waals surface area contributed by atoms with Crippen LogP contribution in [0, 0.1) is 0 Å². The van der Waals surface area contributed by atoms with Crippen LogP contribution in [-0.2, 0) is 12.5 Å². The highest BCUT2D eigenvalue weighted by atomic mass is 35.5. The zero-order valence-electron chi connectivity index (χ0n) is 10.2. The molecule has 19 heavy (non-hydrogen) atoms. The molecule has 4 heteroatoms. The summed E-state index contributed by atoms with van der Waals surface area (Å²) in [6, 6.07) is 15.0. The Bertz CT molecular complexity index is 529. The number of hydrogen-bond donors (Lipinski definition) is 1. The lowest BCUT2D eigenvalue weighted by Gasteiger charge is -2.17. The molecule has 0 radical (unpaired) electrons. The van der Waals surface area contributed by atoms with E-state index in [1.54, 1.807) is 36.4 Å². The van der Waals surface area contributed by atoms with Gasteiger partial charge in [-0.1, -0.05) is 54.1 Å². The first-order valence-corrected chi connectivity index (χ1v) is 6.34. The van der Waals surface area contributed by atoms with Crippen LogP contribution in [0.2, 0.25) is 5.02 Å². The molecule has 0 heterocycles. The van der Waals surface area contributed by atoms with Gasteiger partial charge in [-0.05, 0) is 17.7 Å². The molecule has 0 aromatic heterocycles. The zero-order chi connectivity index (χ0) is 13.7. The van der Waals surface area contributed by atoms with Gasteiger partial charge in [-0.3, -0.25) is 0 Å². The van der Waals surface area contributed by atoms with Gasteiger partial charge in [0.2, 0.25) is 0 Å². The first-order chi connectivity index (χ1) is 9.08. The average Bonchev–Trinajstić information content (AvgIpc) is 2.40. The van der Waals surface area contributed by atoms with Crippen molar-refractivity contribution in [2.75, 3.05) is 6.54 Å². The van der Waals surface area contributed by atoms with Gasteiger partial charge in [-0.25, -0.2) is 0 Å². The first-order valence-electron chi connectivity index (χ1n) is 5.96. The topological polar surface area (TPSA) is 12.0 Å². The van der Waals surface area contributed by atoms with E-state index in [-0.39, 0.29) is 5.56 Å². The Morgan fingerprint density at radius 3 is 2.42 bits per heavy atom. The van der Waals surface area contributed by atoms with E-state index in [9.17, 15) is 8.78 Å². The van der Waals surface area contributed by atoms with Gasteiger partial charge in [0.25, 0.3) is 5.92 Å². The van der Waals surface area contributed by atoms with Crippen molar-refractivity contribution < 1.29 is 8.78 Å². The Hall–Kier alpha value is -1.45. The molecule has 1 N–H and O–H groups in total. The lowest BCUT2D eigenvalue weighted by Crippen LogP contribution is -2.30. The Balaban J connectivity index is 1.92. The first kappa shape index (κ1) is 14.0. The molecule has 0 bridgehead atoms. The molecule has 0 unspecified atom stereocenters. The summed E-state index contributed by atoms with van der Waals surface area (Å²) in [5, 5.41) is 3.36. The maximum absolute atomic E-state index is 13.8. The Labute approximate surface area is 116 Å². The lowest BCUT2D eigenvalue weighted by molar-refractivity contribution is -0.00343. The number of nitrogens with one attached hydrogen (secondary N) is 1. The van der Waals surface area contributed by atoms with Crippen molar-refractivity contribution >= 4 is 11.6 Å². The van der Waals surface area contributed by atoms with Crippen LogP contribution in [0.25, 0.3) is 0 Å². The molecule has 2 aromatic rings. The van der Waals surface area contributed by atoms with Crippen LogP contribution in [0.15, 0.2) is 54.6 Å². The SMILES string of the molecule is FC(F)(CNCc1cccc(Cl)c1)c1ccccc1. The minimum absolute atomic E-state index is 0.0218. The van der Waals surface area contributed by atoms with Crippen LogP contribution in [0.1, 0.15) is 11.1 Å². The third-order valence-corrected chi connectivity index (χ3v) is 3.00. The van der Waals surface area contributed by atoms with Crippen LogP contribution in [-0.4, -0.2) is 6.54 Å². The zero-order valence-corrected chi connectivity index (χ0v) is 11.0. The van der Waals surface area contributed by atoms with Gasteiger partial charge >= 0.3 is 0 Å². The van der Waals surface area contributed by atoms with Gasteiger partial charge in [0.15, 0.2) is 0 Å². The van der Waals surface area contributed by atoms with Gasteiger partial charge in [-0.2, -0.15) is 8.78 Å². The van der Waals surface area contributed by atoms with Gasteiger partial charge in [0, 0.05) is 17.1 Å². The highest BCUT2D eigenvalue weighted by Gasteiger charge is 2.30. The van der Waals surface area contributed by atoms with Crippen molar-refractivity contribution in [3.05, 3.63) is 70.7 Å². The number of halogens is 3. The predicted octanol–water partition coefficient (Wildman–Crippen LogP) is 4.22. The Kier molecular flexibility index (Phi) is 4.51. The van der Waals surface area contributed by atoms with E-state index in [2.05, 4.69) is 5.32 Å². The highest BCUT2D eigenvalue weighted by Crippen LogP contribution is 2.26. The molecule has 0 fully saturated rings. The molecule has 1 nitrogen and oxygen atoms in total. The van der Waals surface area contributed by atoms with Crippen molar-refractivity contribution in [1.82, 2.24) is 5.32 Å². The van der Waals surface area contributed by atoms with Crippen LogP contribution in [0.5, 0.6) is 0 Å². The lowest BCUT2D eigenvalue weighted by atomic mass is 10.1. The predicted molar refractivity (Wildman–Crippen MR) is 73.5 cm³/mol. The quantitative estimate of drug-likeness (QED) is 0.865. The monoisotopic (exact) mass is 281 g/mol. The second-order valence-corrected chi connectivity index (χ2v) is 4.74. The molecule has 0 aliphatic rings. The van der Waals surface area contributed by atoms with Crippen LogP contribution in [0.3, 0.4) is 0 Å². The smallest absolute Gasteiger partial charge is 0.285 e. The van der Waals surface area contributed by atoms with Crippen LogP contribution < -0.4 is 5.32 Å². The minimum atomic E-state index is -2.88. The molecule has 0 saturated heterocycles. The van der Waals surface area contributed by atoms with Crippen molar-refractivity contribution in [1.29, 1.82) is 0 Å². The minimum Gasteiger partial charge on any atom is -0.307 e. The maximum Gasteiger partial charge on any atom is 0.285 e. The maximum atomic E-state index is 13.8.